The number of morpholine rings is 1. The molecule has 3 nitrogen and oxygen atoms in total. The number of aliphatic hydroxyl groups excluding tert-OH is 1. The lowest BCUT2D eigenvalue weighted by Gasteiger charge is -2.31. The van der Waals surface area contributed by atoms with Crippen LogP contribution in [-0.4, -0.2) is 31.4 Å². The van der Waals surface area contributed by atoms with Gasteiger partial charge in [0.15, 0.2) is 0 Å². The van der Waals surface area contributed by atoms with Crippen molar-refractivity contribution in [1.82, 2.24) is 0 Å². The third-order valence-corrected chi connectivity index (χ3v) is 2.74. The molecule has 1 heterocycles. The van der Waals surface area contributed by atoms with Crippen LogP contribution in [0, 0.1) is 0 Å². The molecule has 0 amide bonds. The summed E-state index contributed by atoms with van der Waals surface area (Å²) >= 11 is 0. The van der Waals surface area contributed by atoms with E-state index in [4.69, 9.17) is 4.74 Å². The second-order valence-electron chi connectivity index (χ2n) is 3.83. The van der Waals surface area contributed by atoms with Crippen molar-refractivity contribution in [2.75, 3.05) is 31.2 Å². The van der Waals surface area contributed by atoms with Gasteiger partial charge >= 0.3 is 0 Å². The smallest absolute Gasteiger partial charge is 0.0781 e. The normalized spacial score (nSPS) is 18.9. The minimum Gasteiger partial charge on any atom is -0.389 e. The van der Waals surface area contributed by atoms with E-state index >= 15 is 0 Å². The van der Waals surface area contributed by atoms with Gasteiger partial charge in [0.05, 0.1) is 19.3 Å². The van der Waals surface area contributed by atoms with Crippen molar-refractivity contribution < 1.29 is 9.84 Å². The van der Waals surface area contributed by atoms with Gasteiger partial charge in [-0.15, -0.1) is 0 Å². The molecule has 1 fully saturated rings. The Balaban J connectivity index is 2.25. The third-order valence-electron chi connectivity index (χ3n) is 2.74. The minimum atomic E-state index is -0.413. The molecule has 1 aromatic rings. The van der Waals surface area contributed by atoms with Crippen LogP contribution in [0.25, 0.3) is 0 Å². The predicted octanol–water partition coefficient (Wildman–Crippen LogP) is 1.58. The zero-order valence-electron chi connectivity index (χ0n) is 9.02. The molecule has 1 aliphatic heterocycles. The van der Waals surface area contributed by atoms with E-state index in [2.05, 4.69) is 11.0 Å². The lowest BCUT2D eigenvalue weighted by molar-refractivity contribution is 0.122. The van der Waals surface area contributed by atoms with E-state index in [-0.39, 0.29) is 0 Å². The molecule has 1 atom stereocenters. The van der Waals surface area contributed by atoms with Gasteiger partial charge in [-0.05, 0) is 13.0 Å². The van der Waals surface area contributed by atoms with Gasteiger partial charge in [-0.1, -0.05) is 18.2 Å². The zero-order valence-corrected chi connectivity index (χ0v) is 9.02. The number of ether oxygens (including phenoxy) is 1. The molecule has 0 aliphatic carbocycles. The Labute approximate surface area is 90.3 Å². The average Bonchev–Trinajstić information content (AvgIpc) is 2.30. The molecule has 15 heavy (non-hydrogen) atoms. The van der Waals surface area contributed by atoms with E-state index in [1.54, 1.807) is 6.92 Å². The summed E-state index contributed by atoms with van der Waals surface area (Å²) in [6, 6.07) is 8.02. The van der Waals surface area contributed by atoms with Gasteiger partial charge in [0, 0.05) is 24.3 Å². The summed E-state index contributed by atoms with van der Waals surface area (Å²) in [5.74, 6) is 0. The van der Waals surface area contributed by atoms with Crippen molar-refractivity contribution in [3.63, 3.8) is 0 Å². The summed E-state index contributed by atoms with van der Waals surface area (Å²) < 4.78 is 5.32. The van der Waals surface area contributed by atoms with E-state index in [0.717, 1.165) is 37.6 Å². The monoisotopic (exact) mass is 207 g/mol. The summed E-state index contributed by atoms with van der Waals surface area (Å²) in [6.07, 6.45) is -0.413. The Kier molecular flexibility index (Phi) is 3.23. The number of hydrogen-bond acceptors (Lipinski definition) is 3. The summed E-state index contributed by atoms with van der Waals surface area (Å²) in [5, 5.41) is 9.68. The second kappa shape index (κ2) is 4.64. The van der Waals surface area contributed by atoms with Crippen LogP contribution in [0.2, 0.25) is 0 Å². The molecule has 1 N–H and O–H groups in total. The maximum absolute atomic E-state index is 9.68. The van der Waals surface area contributed by atoms with Gasteiger partial charge in [-0.2, -0.15) is 0 Å². The first kappa shape index (κ1) is 10.5. The molecule has 0 aromatic heterocycles. The van der Waals surface area contributed by atoms with Crippen LogP contribution < -0.4 is 4.90 Å². The van der Waals surface area contributed by atoms with E-state index in [1.807, 2.05) is 18.2 Å². The molecule has 0 saturated carbocycles. The fourth-order valence-corrected chi connectivity index (χ4v) is 1.93. The Morgan fingerprint density at radius 3 is 2.60 bits per heavy atom. The number of aliphatic hydroxyl groups is 1. The van der Waals surface area contributed by atoms with Crippen LogP contribution in [0.3, 0.4) is 0 Å². The van der Waals surface area contributed by atoms with Crippen molar-refractivity contribution in [3.8, 4) is 0 Å². The maximum atomic E-state index is 9.68. The minimum absolute atomic E-state index is 0.413. The number of benzene rings is 1. The van der Waals surface area contributed by atoms with Crippen molar-refractivity contribution >= 4 is 5.69 Å². The van der Waals surface area contributed by atoms with Crippen molar-refractivity contribution in [2.24, 2.45) is 0 Å². The average molecular weight is 207 g/mol. The summed E-state index contributed by atoms with van der Waals surface area (Å²) in [6.45, 7) is 5.16. The molecular weight excluding hydrogens is 190 g/mol. The predicted molar refractivity (Wildman–Crippen MR) is 60.1 cm³/mol. The fraction of sp³-hybridized carbons (Fsp3) is 0.500. The van der Waals surface area contributed by atoms with E-state index in [0.29, 0.717) is 0 Å². The van der Waals surface area contributed by atoms with Gasteiger partial charge < -0.3 is 14.7 Å². The highest BCUT2D eigenvalue weighted by atomic mass is 16.5. The highest BCUT2D eigenvalue weighted by Crippen LogP contribution is 2.26. The van der Waals surface area contributed by atoms with E-state index in [1.165, 1.54) is 0 Å². The van der Waals surface area contributed by atoms with Crippen LogP contribution in [0.5, 0.6) is 0 Å². The quantitative estimate of drug-likeness (QED) is 0.799. The van der Waals surface area contributed by atoms with Crippen LogP contribution >= 0.6 is 0 Å². The maximum Gasteiger partial charge on any atom is 0.0781 e. The molecule has 0 spiro atoms. The van der Waals surface area contributed by atoms with Crippen LogP contribution in [0.1, 0.15) is 18.6 Å². The molecule has 0 unspecified atom stereocenters. The lowest BCUT2D eigenvalue weighted by Crippen LogP contribution is -2.36. The van der Waals surface area contributed by atoms with Gasteiger partial charge in [0.1, 0.15) is 0 Å². The number of rotatable bonds is 2. The second-order valence-corrected chi connectivity index (χ2v) is 3.83. The topological polar surface area (TPSA) is 32.7 Å². The molecule has 82 valence electrons. The highest BCUT2D eigenvalue weighted by molar-refractivity contribution is 5.54. The zero-order chi connectivity index (χ0) is 10.7. The number of para-hydroxylation sites is 1. The van der Waals surface area contributed by atoms with Crippen LogP contribution in [-0.2, 0) is 4.74 Å². The molecule has 1 aliphatic rings. The molecule has 3 heteroatoms. The first-order chi connectivity index (χ1) is 7.29. The first-order valence-corrected chi connectivity index (χ1v) is 5.38. The van der Waals surface area contributed by atoms with Gasteiger partial charge in [-0.25, -0.2) is 0 Å². The Morgan fingerprint density at radius 2 is 1.93 bits per heavy atom. The van der Waals surface area contributed by atoms with Gasteiger partial charge in [-0.3, -0.25) is 0 Å². The van der Waals surface area contributed by atoms with Crippen molar-refractivity contribution in [2.45, 2.75) is 13.0 Å². The molecular formula is C12H17NO2. The molecule has 0 radical (unpaired) electrons. The largest absolute Gasteiger partial charge is 0.389 e. The van der Waals surface area contributed by atoms with Crippen LogP contribution in [0.15, 0.2) is 24.3 Å². The number of nitrogens with zero attached hydrogens (tertiary/aromatic N) is 1. The molecule has 0 bridgehead atoms. The van der Waals surface area contributed by atoms with Crippen molar-refractivity contribution in [1.29, 1.82) is 0 Å². The Hall–Kier alpha value is -1.06. The number of anilines is 1. The molecule has 1 aromatic carbocycles. The van der Waals surface area contributed by atoms with Gasteiger partial charge in [0.25, 0.3) is 0 Å². The van der Waals surface area contributed by atoms with E-state index < -0.39 is 6.10 Å². The van der Waals surface area contributed by atoms with E-state index in [9.17, 15) is 5.11 Å². The third kappa shape index (κ3) is 2.30. The molecule has 1 saturated heterocycles. The Morgan fingerprint density at radius 1 is 1.27 bits per heavy atom. The molecule has 2 rings (SSSR count). The van der Waals surface area contributed by atoms with Crippen LogP contribution in [0.4, 0.5) is 5.69 Å². The Bertz CT molecular complexity index is 319. The first-order valence-electron chi connectivity index (χ1n) is 5.38. The lowest BCUT2D eigenvalue weighted by atomic mass is 10.1. The summed E-state index contributed by atoms with van der Waals surface area (Å²) in [7, 11) is 0. The summed E-state index contributed by atoms with van der Waals surface area (Å²) in [4.78, 5) is 2.27. The SMILES string of the molecule is C[C@@H](O)c1ccccc1N1CCOCC1. The number of hydrogen-bond donors (Lipinski definition) is 1. The standard InChI is InChI=1S/C12H17NO2/c1-10(14)11-4-2-3-5-12(11)13-6-8-15-9-7-13/h2-5,10,14H,6-9H2,1H3/t10-/m1/s1. The summed E-state index contributed by atoms with van der Waals surface area (Å²) in [5.41, 5.74) is 2.13. The highest BCUT2D eigenvalue weighted by Gasteiger charge is 2.15. The van der Waals surface area contributed by atoms with Crippen molar-refractivity contribution in [3.05, 3.63) is 29.8 Å². The van der Waals surface area contributed by atoms with Gasteiger partial charge in [0.2, 0.25) is 0 Å². The fourth-order valence-electron chi connectivity index (χ4n) is 1.93.